The fourth-order valence-electron chi connectivity index (χ4n) is 1.82. The molecule has 0 radical (unpaired) electrons. The van der Waals surface area contributed by atoms with Gasteiger partial charge in [0, 0.05) is 17.1 Å². The van der Waals surface area contributed by atoms with E-state index < -0.39 is 10.0 Å². The summed E-state index contributed by atoms with van der Waals surface area (Å²) < 4.78 is 24.7. The molecule has 4 nitrogen and oxygen atoms in total. The molecule has 0 saturated heterocycles. The van der Waals surface area contributed by atoms with Crippen molar-refractivity contribution in [1.29, 1.82) is 0 Å². The highest BCUT2D eigenvalue weighted by Gasteiger charge is 2.02. The van der Waals surface area contributed by atoms with Crippen LogP contribution in [0.2, 0.25) is 0 Å². The van der Waals surface area contributed by atoms with Gasteiger partial charge in [-0.25, -0.2) is 8.42 Å². The van der Waals surface area contributed by atoms with Crippen molar-refractivity contribution in [1.82, 2.24) is 0 Å². The van der Waals surface area contributed by atoms with Crippen LogP contribution in [0.4, 0.5) is 17.1 Å². The number of rotatable bonds is 4. The summed E-state index contributed by atoms with van der Waals surface area (Å²) in [6.07, 6.45) is 1.13. The highest BCUT2D eigenvalue weighted by Crippen LogP contribution is 2.21. The van der Waals surface area contributed by atoms with Gasteiger partial charge in [0.15, 0.2) is 0 Å². The third-order valence-electron chi connectivity index (χ3n) is 2.98. The summed E-state index contributed by atoms with van der Waals surface area (Å²) in [5, 5.41) is 3.28. The Kier molecular flexibility index (Phi) is 3.99. The maximum absolute atomic E-state index is 11.1. The second-order valence-corrected chi connectivity index (χ2v) is 6.62. The third kappa shape index (κ3) is 3.99. The monoisotopic (exact) mass is 290 g/mol. The van der Waals surface area contributed by atoms with Crippen LogP contribution in [0.3, 0.4) is 0 Å². The van der Waals surface area contributed by atoms with E-state index in [1.807, 2.05) is 18.2 Å². The van der Waals surface area contributed by atoms with E-state index in [-0.39, 0.29) is 0 Å². The lowest BCUT2D eigenvalue weighted by Crippen LogP contribution is -2.09. The van der Waals surface area contributed by atoms with Gasteiger partial charge in [-0.2, -0.15) is 0 Å². The van der Waals surface area contributed by atoms with Gasteiger partial charge in [0.2, 0.25) is 10.0 Å². The van der Waals surface area contributed by atoms with Crippen molar-refractivity contribution in [3.05, 3.63) is 53.6 Å². The minimum absolute atomic E-state index is 0.554. The number of sulfonamides is 1. The second-order valence-electron chi connectivity index (χ2n) is 4.88. The van der Waals surface area contributed by atoms with Crippen molar-refractivity contribution < 1.29 is 8.42 Å². The van der Waals surface area contributed by atoms with Gasteiger partial charge in [-0.15, -0.1) is 0 Å². The molecule has 0 aromatic heterocycles. The predicted octanol–water partition coefficient (Wildman–Crippen LogP) is 3.42. The first kappa shape index (κ1) is 14.4. The lowest BCUT2D eigenvalue weighted by molar-refractivity contribution is 0.607. The van der Waals surface area contributed by atoms with Gasteiger partial charge in [0.25, 0.3) is 0 Å². The van der Waals surface area contributed by atoms with E-state index >= 15 is 0 Å². The van der Waals surface area contributed by atoms with Crippen LogP contribution in [0.1, 0.15) is 11.1 Å². The summed E-state index contributed by atoms with van der Waals surface area (Å²) in [5.74, 6) is 0. The van der Waals surface area contributed by atoms with Gasteiger partial charge in [0.05, 0.1) is 6.26 Å². The highest BCUT2D eigenvalue weighted by atomic mass is 32.2. The number of aryl methyl sites for hydroxylation is 2. The van der Waals surface area contributed by atoms with Crippen molar-refractivity contribution in [3.8, 4) is 0 Å². The molecular formula is C15H18N2O2S. The topological polar surface area (TPSA) is 58.2 Å². The average Bonchev–Trinajstić information content (AvgIpc) is 2.35. The first-order valence-electron chi connectivity index (χ1n) is 6.26. The third-order valence-corrected chi connectivity index (χ3v) is 3.59. The molecule has 0 bridgehead atoms. The molecule has 2 N–H and O–H groups in total. The summed E-state index contributed by atoms with van der Waals surface area (Å²) in [4.78, 5) is 0. The van der Waals surface area contributed by atoms with E-state index in [1.54, 1.807) is 12.1 Å². The van der Waals surface area contributed by atoms with Crippen LogP contribution in [0, 0.1) is 13.8 Å². The Bertz CT molecular complexity index is 707. The number of benzene rings is 2. The molecule has 0 aliphatic carbocycles. The fraction of sp³-hybridized carbons (Fsp3) is 0.200. The quantitative estimate of drug-likeness (QED) is 0.907. The molecule has 0 saturated carbocycles. The Morgan fingerprint density at radius 3 is 1.90 bits per heavy atom. The Hall–Kier alpha value is -2.01. The summed E-state index contributed by atoms with van der Waals surface area (Å²) in [6, 6.07) is 13.3. The van der Waals surface area contributed by atoms with Crippen LogP contribution in [0.25, 0.3) is 0 Å². The molecule has 0 aliphatic rings. The summed E-state index contributed by atoms with van der Waals surface area (Å²) in [7, 11) is -3.23. The lowest BCUT2D eigenvalue weighted by atomic mass is 10.1. The first-order valence-corrected chi connectivity index (χ1v) is 8.15. The molecule has 0 spiro atoms. The zero-order valence-corrected chi connectivity index (χ0v) is 12.6. The van der Waals surface area contributed by atoms with Crippen molar-refractivity contribution in [3.63, 3.8) is 0 Å². The maximum Gasteiger partial charge on any atom is 0.229 e. The molecule has 2 rings (SSSR count). The van der Waals surface area contributed by atoms with Gasteiger partial charge in [-0.3, -0.25) is 4.72 Å². The van der Waals surface area contributed by atoms with Crippen molar-refractivity contribution in [2.24, 2.45) is 0 Å². The Balaban J connectivity index is 2.12. The number of nitrogens with one attached hydrogen (secondary N) is 2. The summed E-state index contributed by atoms with van der Waals surface area (Å²) in [5.41, 5.74) is 4.95. The van der Waals surface area contributed by atoms with E-state index in [0.29, 0.717) is 5.69 Å². The molecule has 106 valence electrons. The zero-order valence-electron chi connectivity index (χ0n) is 11.8. The molecule has 0 unspecified atom stereocenters. The van der Waals surface area contributed by atoms with Crippen LogP contribution in [-0.2, 0) is 10.0 Å². The SMILES string of the molecule is Cc1ccc(Nc2ccc(NS(C)(=O)=O)cc2)cc1C. The van der Waals surface area contributed by atoms with E-state index in [1.165, 1.54) is 11.1 Å². The Labute approximate surface area is 119 Å². The standard InChI is InChI=1S/C15H18N2O2S/c1-11-4-5-15(10-12(11)2)16-13-6-8-14(9-7-13)17-20(3,18)19/h4-10,16-17H,1-3H3. The molecule has 0 amide bonds. The number of hydrogen-bond acceptors (Lipinski definition) is 3. The van der Waals surface area contributed by atoms with Gasteiger partial charge >= 0.3 is 0 Å². The smallest absolute Gasteiger partial charge is 0.229 e. The van der Waals surface area contributed by atoms with E-state index in [9.17, 15) is 8.42 Å². The maximum atomic E-state index is 11.1. The average molecular weight is 290 g/mol. The molecule has 0 atom stereocenters. The predicted molar refractivity (Wildman–Crippen MR) is 84.1 cm³/mol. The normalized spacial score (nSPS) is 11.2. The van der Waals surface area contributed by atoms with Crippen molar-refractivity contribution in [2.75, 3.05) is 16.3 Å². The van der Waals surface area contributed by atoms with Gasteiger partial charge in [-0.1, -0.05) is 6.07 Å². The fourth-order valence-corrected chi connectivity index (χ4v) is 2.39. The van der Waals surface area contributed by atoms with E-state index in [4.69, 9.17) is 0 Å². The lowest BCUT2D eigenvalue weighted by Gasteiger charge is -2.10. The van der Waals surface area contributed by atoms with Gasteiger partial charge < -0.3 is 5.32 Å². The Morgan fingerprint density at radius 2 is 1.35 bits per heavy atom. The van der Waals surface area contributed by atoms with Crippen molar-refractivity contribution in [2.45, 2.75) is 13.8 Å². The molecule has 0 heterocycles. The molecule has 0 fully saturated rings. The zero-order chi connectivity index (χ0) is 14.8. The highest BCUT2D eigenvalue weighted by molar-refractivity contribution is 7.92. The van der Waals surface area contributed by atoms with Crippen LogP contribution in [0.15, 0.2) is 42.5 Å². The molecule has 2 aromatic carbocycles. The minimum Gasteiger partial charge on any atom is -0.356 e. The number of hydrogen-bond donors (Lipinski definition) is 2. The van der Waals surface area contributed by atoms with E-state index in [0.717, 1.165) is 17.6 Å². The molecule has 2 aromatic rings. The van der Waals surface area contributed by atoms with Crippen LogP contribution < -0.4 is 10.0 Å². The first-order chi connectivity index (χ1) is 9.33. The van der Waals surface area contributed by atoms with E-state index in [2.05, 4.69) is 36.0 Å². The van der Waals surface area contributed by atoms with Crippen molar-refractivity contribution >= 4 is 27.1 Å². The minimum atomic E-state index is -3.23. The second kappa shape index (κ2) is 5.54. The largest absolute Gasteiger partial charge is 0.356 e. The Morgan fingerprint density at radius 1 is 0.800 bits per heavy atom. The van der Waals surface area contributed by atoms with Crippen LogP contribution in [-0.4, -0.2) is 14.7 Å². The van der Waals surface area contributed by atoms with Crippen LogP contribution >= 0.6 is 0 Å². The summed E-state index contributed by atoms with van der Waals surface area (Å²) in [6.45, 7) is 4.14. The molecular weight excluding hydrogens is 272 g/mol. The molecule has 20 heavy (non-hydrogen) atoms. The van der Waals surface area contributed by atoms with Crippen LogP contribution in [0.5, 0.6) is 0 Å². The van der Waals surface area contributed by atoms with Gasteiger partial charge in [0.1, 0.15) is 0 Å². The molecule has 5 heteroatoms. The summed E-state index contributed by atoms with van der Waals surface area (Å²) >= 11 is 0. The van der Waals surface area contributed by atoms with Gasteiger partial charge in [-0.05, 0) is 61.4 Å². The molecule has 0 aliphatic heterocycles. The number of anilines is 3.